The van der Waals surface area contributed by atoms with E-state index in [-0.39, 0.29) is 9.80 Å². The zero-order valence-electron chi connectivity index (χ0n) is 8.28. The number of anilines is 1. The number of halogens is 1. The lowest BCUT2D eigenvalue weighted by Gasteiger charge is -2.19. The van der Waals surface area contributed by atoms with Gasteiger partial charge in [0.1, 0.15) is 6.07 Å². The van der Waals surface area contributed by atoms with Gasteiger partial charge >= 0.3 is 0 Å². The van der Waals surface area contributed by atoms with Crippen molar-refractivity contribution in [1.82, 2.24) is 0 Å². The number of nitrogens with zero attached hydrogens (tertiary/aromatic N) is 1. The number of hydrogen-bond donors (Lipinski definition) is 1. The summed E-state index contributed by atoms with van der Waals surface area (Å²) in [6.07, 6.45) is 0. The minimum Gasteiger partial charge on any atom is -0.356 e. The average Bonchev–Trinajstić information content (AvgIpc) is 2.19. The Labute approximate surface area is 98.1 Å². The van der Waals surface area contributed by atoms with Crippen molar-refractivity contribution < 1.29 is 8.42 Å². The normalized spacial score (nSPS) is 17.3. The summed E-state index contributed by atoms with van der Waals surface area (Å²) in [5, 5.41) is 12.0. The van der Waals surface area contributed by atoms with Crippen LogP contribution in [0, 0.1) is 11.3 Å². The van der Waals surface area contributed by atoms with Crippen molar-refractivity contribution in [3.8, 4) is 6.07 Å². The maximum Gasteiger partial charge on any atom is 0.220 e. The fraction of sp³-hybridized carbons (Fsp3) is 0.100. The molecular weight excluding hydrogens is 248 g/mol. The molecular formula is C10H7ClN2O2S. The van der Waals surface area contributed by atoms with E-state index in [1.165, 1.54) is 6.07 Å². The summed E-state index contributed by atoms with van der Waals surface area (Å²) in [5.41, 5.74) is 0.776. The van der Waals surface area contributed by atoms with E-state index in [9.17, 15) is 8.42 Å². The molecule has 0 saturated heterocycles. The fourth-order valence-electron chi connectivity index (χ4n) is 1.54. The number of allylic oxidation sites excluding steroid dienone is 2. The topological polar surface area (TPSA) is 70.0 Å². The van der Waals surface area contributed by atoms with Gasteiger partial charge in [-0.2, -0.15) is 5.26 Å². The molecule has 1 aliphatic rings. The Bertz CT molecular complexity index is 641. The Balaban J connectivity index is 2.80. The minimum atomic E-state index is -3.73. The summed E-state index contributed by atoms with van der Waals surface area (Å²) in [4.78, 5) is -0.218. The highest BCUT2D eigenvalue weighted by Gasteiger charge is 2.30. The van der Waals surface area contributed by atoms with Crippen LogP contribution in [0.4, 0.5) is 5.69 Å². The Kier molecular flexibility index (Phi) is 2.41. The van der Waals surface area contributed by atoms with Gasteiger partial charge in [0.15, 0.2) is 4.91 Å². The summed E-state index contributed by atoms with van der Waals surface area (Å²) < 4.78 is 24.0. The average molecular weight is 255 g/mol. The van der Waals surface area contributed by atoms with E-state index in [0.29, 0.717) is 16.4 Å². The third-order valence-corrected chi connectivity index (χ3v) is 4.35. The Hall–Kier alpha value is -1.51. The van der Waals surface area contributed by atoms with Crippen LogP contribution in [0.25, 0.3) is 0 Å². The zero-order chi connectivity index (χ0) is 11.9. The highest BCUT2D eigenvalue weighted by molar-refractivity contribution is 7.95. The van der Waals surface area contributed by atoms with Crippen molar-refractivity contribution in [2.24, 2.45) is 0 Å². The summed E-state index contributed by atoms with van der Waals surface area (Å²) in [6, 6.07) is 6.19. The molecule has 0 atom stereocenters. The highest BCUT2D eigenvalue weighted by atomic mass is 35.5. The predicted molar refractivity (Wildman–Crippen MR) is 60.6 cm³/mol. The summed E-state index contributed by atoms with van der Waals surface area (Å²) in [6.45, 7) is 1.55. The molecule has 0 spiro atoms. The molecule has 0 radical (unpaired) electrons. The van der Waals surface area contributed by atoms with Gasteiger partial charge in [0.05, 0.1) is 10.6 Å². The first kappa shape index (κ1) is 11.0. The van der Waals surface area contributed by atoms with Crippen molar-refractivity contribution in [3.63, 3.8) is 0 Å². The highest BCUT2D eigenvalue weighted by Crippen LogP contribution is 2.35. The smallest absolute Gasteiger partial charge is 0.220 e. The van der Waals surface area contributed by atoms with Crippen LogP contribution >= 0.6 is 11.6 Å². The molecule has 16 heavy (non-hydrogen) atoms. The predicted octanol–water partition coefficient (Wildman–Crippen LogP) is 2.29. The van der Waals surface area contributed by atoms with E-state index in [1.807, 2.05) is 0 Å². The fourth-order valence-corrected chi connectivity index (χ4v) is 3.26. The largest absolute Gasteiger partial charge is 0.356 e. The molecule has 4 nitrogen and oxygen atoms in total. The molecule has 0 aliphatic carbocycles. The summed E-state index contributed by atoms with van der Waals surface area (Å²) >= 11 is 5.74. The number of nitrogens with one attached hydrogen (secondary N) is 1. The molecule has 1 heterocycles. The molecule has 0 unspecified atom stereocenters. The van der Waals surface area contributed by atoms with Gasteiger partial charge < -0.3 is 5.32 Å². The molecule has 0 aromatic heterocycles. The third-order valence-electron chi connectivity index (χ3n) is 2.27. The van der Waals surface area contributed by atoms with E-state index in [1.54, 1.807) is 25.1 Å². The molecule has 1 aliphatic heterocycles. The number of hydrogen-bond acceptors (Lipinski definition) is 4. The van der Waals surface area contributed by atoms with Gasteiger partial charge in [-0.15, -0.1) is 0 Å². The first-order chi connectivity index (χ1) is 7.46. The van der Waals surface area contributed by atoms with Crippen LogP contribution in [0.2, 0.25) is 5.02 Å². The third kappa shape index (κ3) is 1.47. The number of sulfone groups is 1. The summed E-state index contributed by atoms with van der Waals surface area (Å²) in [5.74, 6) is 0. The molecule has 1 aromatic carbocycles. The SMILES string of the molecule is CC1=C(C#N)S(=O)(=O)c2cc(Cl)ccc2N1. The van der Waals surface area contributed by atoms with Gasteiger partial charge in [0.25, 0.3) is 0 Å². The molecule has 0 saturated carbocycles. The molecule has 2 rings (SSSR count). The molecule has 1 N–H and O–H groups in total. The minimum absolute atomic E-state index is 0.0437. The standard InChI is InChI=1S/C10H7ClN2O2S/c1-6-10(5-12)16(14,15)9-4-7(11)2-3-8(9)13-6/h2-4,13H,1H3. The zero-order valence-corrected chi connectivity index (χ0v) is 9.85. The molecule has 82 valence electrons. The van der Waals surface area contributed by atoms with Crippen molar-refractivity contribution in [2.45, 2.75) is 11.8 Å². The molecule has 6 heteroatoms. The summed E-state index contributed by atoms with van der Waals surface area (Å²) in [7, 11) is -3.73. The van der Waals surface area contributed by atoms with Crippen LogP contribution in [-0.4, -0.2) is 8.42 Å². The second-order valence-corrected chi connectivity index (χ2v) is 5.63. The van der Waals surface area contributed by atoms with Crippen LogP contribution in [0.15, 0.2) is 33.7 Å². The first-order valence-corrected chi connectivity index (χ1v) is 6.25. The van der Waals surface area contributed by atoms with Gasteiger partial charge in [-0.1, -0.05) is 11.6 Å². The lowest BCUT2D eigenvalue weighted by atomic mass is 10.3. The molecule has 0 fully saturated rings. The van der Waals surface area contributed by atoms with E-state index in [2.05, 4.69) is 5.32 Å². The van der Waals surface area contributed by atoms with Gasteiger partial charge in [-0.3, -0.25) is 0 Å². The maximum atomic E-state index is 12.0. The quantitative estimate of drug-likeness (QED) is 0.771. The van der Waals surface area contributed by atoms with Crippen LogP contribution in [0.3, 0.4) is 0 Å². The second kappa shape index (κ2) is 3.51. The Morgan fingerprint density at radius 2 is 2.12 bits per heavy atom. The Morgan fingerprint density at radius 3 is 2.75 bits per heavy atom. The number of benzene rings is 1. The molecule has 0 bridgehead atoms. The van der Waals surface area contributed by atoms with Crippen molar-refractivity contribution in [1.29, 1.82) is 5.26 Å². The van der Waals surface area contributed by atoms with Gasteiger partial charge in [0, 0.05) is 10.7 Å². The number of fused-ring (bicyclic) bond motifs is 1. The Morgan fingerprint density at radius 1 is 1.44 bits per heavy atom. The van der Waals surface area contributed by atoms with E-state index in [4.69, 9.17) is 16.9 Å². The second-order valence-electron chi connectivity index (χ2n) is 3.33. The lowest BCUT2D eigenvalue weighted by Crippen LogP contribution is -2.17. The van der Waals surface area contributed by atoms with Crippen LogP contribution in [-0.2, 0) is 9.84 Å². The van der Waals surface area contributed by atoms with Crippen LogP contribution in [0.1, 0.15) is 6.92 Å². The van der Waals surface area contributed by atoms with Gasteiger partial charge in [0.2, 0.25) is 9.84 Å². The van der Waals surface area contributed by atoms with Crippen LogP contribution < -0.4 is 5.32 Å². The number of rotatable bonds is 0. The monoisotopic (exact) mass is 254 g/mol. The lowest BCUT2D eigenvalue weighted by molar-refractivity contribution is 0.602. The van der Waals surface area contributed by atoms with E-state index in [0.717, 1.165) is 0 Å². The number of nitriles is 1. The first-order valence-electron chi connectivity index (χ1n) is 4.39. The van der Waals surface area contributed by atoms with E-state index < -0.39 is 9.84 Å². The van der Waals surface area contributed by atoms with Gasteiger partial charge in [-0.05, 0) is 25.1 Å². The molecule has 0 amide bonds. The van der Waals surface area contributed by atoms with Crippen LogP contribution in [0.5, 0.6) is 0 Å². The van der Waals surface area contributed by atoms with Crippen molar-refractivity contribution >= 4 is 27.1 Å². The van der Waals surface area contributed by atoms with Crippen molar-refractivity contribution in [2.75, 3.05) is 5.32 Å². The van der Waals surface area contributed by atoms with E-state index >= 15 is 0 Å². The molecule has 1 aromatic rings. The maximum absolute atomic E-state index is 12.0. The van der Waals surface area contributed by atoms with Crippen molar-refractivity contribution in [3.05, 3.63) is 33.8 Å². The van der Waals surface area contributed by atoms with Gasteiger partial charge in [-0.25, -0.2) is 8.42 Å².